The van der Waals surface area contributed by atoms with Crippen LogP contribution in [0.15, 0.2) is 6.07 Å². The maximum Gasteiger partial charge on any atom is 0.407 e. The fourth-order valence-corrected chi connectivity index (χ4v) is 5.74. The second-order valence-electron chi connectivity index (χ2n) is 15.0. The van der Waals surface area contributed by atoms with Crippen molar-refractivity contribution in [3.63, 3.8) is 0 Å². The number of rotatable bonds is 22. The number of aliphatic hydroxyl groups is 1. The Balaban J connectivity index is 2.91. The number of thioether (sulfide) groups is 1. The van der Waals surface area contributed by atoms with Crippen molar-refractivity contribution in [2.45, 2.75) is 138 Å². The molecule has 1 aromatic rings. The van der Waals surface area contributed by atoms with Crippen LogP contribution >= 0.6 is 11.8 Å². The molecule has 1 aromatic heterocycles. The van der Waals surface area contributed by atoms with Crippen LogP contribution in [-0.2, 0) is 25.7 Å². The third-order valence-corrected chi connectivity index (χ3v) is 8.90. The molecule has 1 heterocycles. The molecule has 1 rings (SSSR count). The van der Waals surface area contributed by atoms with Gasteiger partial charge in [0.05, 0.1) is 24.4 Å². The molecule has 4 amide bonds. The number of alkyl carbamates (subject to hydrolysis) is 1. The number of carbonyl (C=O) groups excluding carboxylic acids is 4. The summed E-state index contributed by atoms with van der Waals surface area (Å²) in [5.74, 6) is -0.175. The SMILES string of the molecule is CSCC[C@H](NC(=O)OCCn1nc(C(C)C)cc1C(C)C)C(=O)N[C@@H](CC(C)C)[C@@H](O)C[C@@H](C)C(=O)N[C@H](C(=O)NCC(C)C)C(C)C. The molecule has 5 atom stereocenters. The molecule has 0 saturated carbocycles. The van der Waals surface area contributed by atoms with Gasteiger partial charge in [-0.25, -0.2) is 4.79 Å². The van der Waals surface area contributed by atoms with Crippen LogP contribution in [0.4, 0.5) is 4.79 Å². The largest absolute Gasteiger partial charge is 0.448 e. The first-order valence-electron chi connectivity index (χ1n) is 17.9. The molecule has 0 radical (unpaired) electrons. The van der Waals surface area contributed by atoms with Crippen LogP contribution < -0.4 is 21.3 Å². The quantitative estimate of drug-likeness (QED) is 0.115. The molecule has 0 aromatic carbocycles. The lowest BCUT2D eigenvalue weighted by atomic mass is 9.91. The highest BCUT2D eigenvalue weighted by molar-refractivity contribution is 7.98. The minimum Gasteiger partial charge on any atom is -0.448 e. The fourth-order valence-electron chi connectivity index (χ4n) is 5.27. The van der Waals surface area contributed by atoms with Crippen molar-refractivity contribution in [1.82, 2.24) is 31.0 Å². The summed E-state index contributed by atoms with van der Waals surface area (Å²) in [6, 6.07) is -0.142. The Morgan fingerprint density at radius 3 is 2.04 bits per heavy atom. The molecule has 0 aliphatic carbocycles. The number of aromatic nitrogens is 2. The van der Waals surface area contributed by atoms with E-state index in [0.717, 1.165) is 11.4 Å². The van der Waals surface area contributed by atoms with Gasteiger partial charge >= 0.3 is 6.09 Å². The summed E-state index contributed by atoms with van der Waals surface area (Å²) in [6.07, 6.45) is 1.10. The van der Waals surface area contributed by atoms with Crippen LogP contribution in [0.2, 0.25) is 0 Å². The van der Waals surface area contributed by atoms with Gasteiger partial charge < -0.3 is 31.1 Å². The van der Waals surface area contributed by atoms with Crippen LogP contribution in [0.3, 0.4) is 0 Å². The Bertz CT molecular complexity index is 1170. The Morgan fingerprint density at radius 2 is 1.51 bits per heavy atom. The van der Waals surface area contributed by atoms with Crippen molar-refractivity contribution in [3.8, 4) is 0 Å². The van der Waals surface area contributed by atoms with Crippen LogP contribution in [0.1, 0.15) is 119 Å². The number of aliphatic hydroxyl groups excluding tert-OH is 1. The van der Waals surface area contributed by atoms with Gasteiger partial charge in [0, 0.05) is 18.2 Å². The number of amides is 4. The molecule has 0 unspecified atom stereocenters. The maximum atomic E-state index is 13.5. The molecule has 282 valence electrons. The summed E-state index contributed by atoms with van der Waals surface area (Å²) < 4.78 is 7.35. The van der Waals surface area contributed by atoms with E-state index in [2.05, 4.69) is 60.1 Å². The first kappa shape index (κ1) is 44.2. The molecule has 0 bridgehead atoms. The smallest absolute Gasteiger partial charge is 0.407 e. The summed E-state index contributed by atoms with van der Waals surface area (Å²) in [5.41, 5.74) is 2.05. The Kier molecular flexibility index (Phi) is 20.0. The summed E-state index contributed by atoms with van der Waals surface area (Å²) in [5, 5.41) is 27.4. The summed E-state index contributed by atoms with van der Waals surface area (Å²) in [6.45, 7) is 22.8. The van der Waals surface area contributed by atoms with Crippen molar-refractivity contribution in [3.05, 3.63) is 17.5 Å². The number of nitrogens with zero attached hydrogens (tertiary/aromatic N) is 2. The van der Waals surface area contributed by atoms with E-state index in [4.69, 9.17) is 4.74 Å². The minimum absolute atomic E-state index is 0.0805. The molecule has 0 spiro atoms. The van der Waals surface area contributed by atoms with Gasteiger partial charge in [-0.1, -0.05) is 76.2 Å². The Hall–Kier alpha value is -2.80. The molecule has 13 heteroatoms. The Labute approximate surface area is 299 Å². The summed E-state index contributed by atoms with van der Waals surface area (Å²) >= 11 is 1.55. The van der Waals surface area contributed by atoms with Crippen LogP contribution in [0.25, 0.3) is 0 Å². The van der Waals surface area contributed by atoms with E-state index in [1.807, 2.05) is 52.5 Å². The predicted molar refractivity (Wildman–Crippen MR) is 197 cm³/mol. The highest BCUT2D eigenvalue weighted by Gasteiger charge is 2.32. The number of hydrogen-bond acceptors (Lipinski definition) is 8. The lowest BCUT2D eigenvalue weighted by molar-refractivity contribution is -0.132. The molecular weight excluding hydrogens is 644 g/mol. The molecule has 12 nitrogen and oxygen atoms in total. The highest BCUT2D eigenvalue weighted by Crippen LogP contribution is 2.21. The monoisotopic (exact) mass is 710 g/mol. The number of hydrogen-bond donors (Lipinski definition) is 5. The molecule has 5 N–H and O–H groups in total. The molecule has 0 aliphatic heterocycles. The van der Waals surface area contributed by atoms with Crippen LogP contribution in [0.5, 0.6) is 0 Å². The Morgan fingerprint density at radius 1 is 0.857 bits per heavy atom. The molecule has 0 fully saturated rings. The first-order chi connectivity index (χ1) is 22.9. The first-order valence-corrected chi connectivity index (χ1v) is 19.3. The topological polar surface area (TPSA) is 164 Å². The van der Waals surface area contributed by atoms with Crippen molar-refractivity contribution < 1.29 is 29.0 Å². The molecule has 0 aliphatic rings. The van der Waals surface area contributed by atoms with Gasteiger partial charge in [0.15, 0.2) is 0 Å². The van der Waals surface area contributed by atoms with Gasteiger partial charge in [-0.15, -0.1) is 0 Å². The predicted octanol–water partition coefficient (Wildman–Crippen LogP) is 4.81. The number of carbonyl (C=O) groups is 4. The number of ether oxygens (including phenoxy) is 1. The minimum atomic E-state index is -1.03. The maximum absolute atomic E-state index is 13.5. The normalized spacial score (nSPS) is 14.9. The summed E-state index contributed by atoms with van der Waals surface area (Å²) in [4.78, 5) is 52.3. The van der Waals surface area contributed by atoms with E-state index in [9.17, 15) is 24.3 Å². The highest BCUT2D eigenvalue weighted by atomic mass is 32.2. The van der Waals surface area contributed by atoms with E-state index < -0.39 is 42.1 Å². The average Bonchev–Trinajstić information content (AvgIpc) is 3.44. The average molecular weight is 711 g/mol. The van der Waals surface area contributed by atoms with E-state index in [0.29, 0.717) is 31.7 Å². The zero-order valence-corrected chi connectivity index (χ0v) is 32.9. The van der Waals surface area contributed by atoms with Gasteiger partial charge in [0.25, 0.3) is 0 Å². The van der Waals surface area contributed by atoms with Gasteiger partial charge in [0.1, 0.15) is 18.7 Å². The second-order valence-corrected chi connectivity index (χ2v) is 15.9. The second kappa shape index (κ2) is 22.1. The third-order valence-electron chi connectivity index (χ3n) is 8.26. The van der Waals surface area contributed by atoms with Gasteiger partial charge in [-0.05, 0) is 66.9 Å². The van der Waals surface area contributed by atoms with Gasteiger partial charge in [0.2, 0.25) is 17.7 Å². The molecule has 49 heavy (non-hydrogen) atoms. The van der Waals surface area contributed by atoms with Crippen molar-refractivity contribution >= 4 is 35.6 Å². The van der Waals surface area contributed by atoms with E-state index in [1.54, 1.807) is 18.7 Å². The molecule has 0 saturated heterocycles. The van der Waals surface area contributed by atoms with E-state index in [1.165, 1.54) is 0 Å². The van der Waals surface area contributed by atoms with Crippen LogP contribution in [0, 0.1) is 23.7 Å². The number of nitrogens with one attached hydrogen (secondary N) is 4. The van der Waals surface area contributed by atoms with E-state index >= 15 is 0 Å². The third kappa shape index (κ3) is 16.2. The van der Waals surface area contributed by atoms with Crippen molar-refractivity contribution in [1.29, 1.82) is 0 Å². The van der Waals surface area contributed by atoms with Crippen molar-refractivity contribution in [2.75, 3.05) is 25.2 Å². The zero-order valence-electron chi connectivity index (χ0n) is 32.1. The van der Waals surface area contributed by atoms with Crippen molar-refractivity contribution in [2.24, 2.45) is 23.7 Å². The lowest BCUT2D eigenvalue weighted by Crippen LogP contribution is -2.54. The standard InChI is InChI=1S/C36H66N6O6S/c1-21(2)17-29(31(43)18-26(11)33(44)40-32(25(9)10)35(46)37-20-22(3)4)38-34(45)27(13-16-49-12)39-36(47)48-15-14-42-30(24(7)8)19-28(41-42)23(5)6/h19,21-27,29,31-32,43H,13-18,20H2,1-12H3,(H,37,46)(H,38,45)(H,39,47)(H,40,44)/t26-,27+,29+,31+,32+/m1/s1. The lowest BCUT2D eigenvalue weighted by Gasteiger charge is -2.30. The molecular formula is C36H66N6O6S. The van der Waals surface area contributed by atoms with Gasteiger partial charge in [-0.2, -0.15) is 16.9 Å². The summed E-state index contributed by atoms with van der Waals surface area (Å²) in [7, 11) is 0. The van der Waals surface area contributed by atoms with Crippen LogP contribution in [-0.4, -0.2) is 88.1 Å². The van der Waals surface area contributed by atoms with E-state index in [-0.39, 0.29) is 54.4 Å². The zero-order chi connectivity index (χ0) is 37.4. The fraction of sp³-hybridized carbons (Fsp3) is 0.806. The van der Waals surface area contributed by atoms with Gasteiger partial charge in [-0.3, -0.25) is 19.1 Å².